The zero-order chi connectivity index (χ0) is 16.4. The summed E-state index contributed by atoms with van der Waals surface area (Å²) in [6.45, 7) is 5.25. The first-order valence-electron chi connectivity index (χ1n) is 5.69. The Balaban J connectivity index is 4.42. The standard InChI is InChI=1S/C12H16N2O7/c1-3-9(15)20-5-7(13)11(17)14-8(12(18)19)6-21-10(16)4-2/h3-4,7-8H,1-2,5-6,13H2,(H,14,17)(H,18,19)/t7-,8-/m0/s1. The monoisotopic (exact) mass is 300 g/mol. The number of carbonyl (C=O) groups is 4. The number of hydrogen-bond acceptors (Lipinski definition) is 7. The van der Waals surface area contributed by atoms with E-state index in [4.69, 9.17) is 10.8 Å². The zero-order valence-corrected chi connectivity index (χ0v) is 11.1. The molecule has 0 rings (SSSR count). The van der Waals surface area contributed by atoms with Crippen molar-refractivity contribution < 1.29 is 33.8 Å². The number of ether oxygens (including phenoxy) is 2. The highest BCUT2D eigenvalue weighted by molar-refractivity contribution is 5.88. The van der Waals surface area contributed by atoms with Crippen LogP contribution < -0.4 is 11.1 Å². The van der Waals surface area contributed by atoms with E-state index in [1.807, 2.05) is 5.32 Å². The second kappa shape index (κ2) is 9.26. The van der Waals surface area contributed by atoms with E-state index in [1.54, 1.807) is 0 Å². The molecule has 9 nitrogen and oxygen atoms in total. The van der Waals surface area contributed by atoms with Gasteiger partial charge in [0.1, 0.15) is 19.3 Å². The Hall–Kier alpha value is -2.68. The molecule has 1 amide bonds. The van der Waals surface area contributed by atoms with Crippen molar-refractivity contribution >= 4 is 23.8 Å². The van der Waals surface area contributed by atoms with Crippen LogP contribution in [0.25, 0.3) is 0 Å². The number of carboxylic acid groups (broad SMARTS) is 1. The van der Waals surface area contributed by atoms with Crippen LogP contribution in [0.15, 0.2) is 25.3 Å². The molecule has 0 saturated heterocycles. The number of hydrogen-bond donors (Lipinski definition) is 3. The van der Waals surface area contributed by atoms with Crippen LogP contribution in [0.2, 0.25) is 0 Å². The predicted molar refractivity (Wildman–Crippen MR) is 69.9 cm³/mol. The molecule has 0 fully saturated rings. The fourth-order valence-corrected chi connectivity index (χ4v) is 0.984. The van der Waals surface area contributed by atoms with Crippen molar-refractivity contribution in [1.29, 1.82) is 0 Å². The lowest BCUT2D eigenvalue weighted by Gasteiger charge is -2.17. The van der Waals surface area contributed by atoms with Crippen LogP contribution in [0.4, 0.5) is 0 Å². The summed E-state index contributed by atoms with van der Waals surface area (Å²) in [5, 5.41) is 10.9. The molecule has 0 aliphatic rings. The van der Waals surface area contributed by atoms with Gasteiger partial charge in [0.2, 0.25) is 5.91 Å². The Bertz CT molecular complexity index is 447. The van der Waals surface area contributed by atoms with Crippen molar-refractivity contribution in [3.8, 4) is 0 Å². The molecule has 21 heavy (non-hydrogen) atoms. The fourth-order valence-electron chi connectivity index (χ4n) is 0.984. The van der Waals surface area contributed by atoms with Gasteiger partial charge in [0, 0.05) is 12.2 Å². The van der Waals surface area contributed by atoms with Crippen LogP contribution in [-0.4, -0.2) is 54.2 Å². The summed E-state index contributed by atoms with van der Waals surface area (Å²) in [5.74, 6) is -3.91. The van der Waals surface area contributed by atoms with E-state index in [2.05, 4.69) is 22.6 Å². The maximum atomic E-state index is 11.6. The first-order chi connectivity index (χ1) is 9.81. The number of carbonyl (C=O) groups excluding carboxylic acids is 3. The van der Waals surface area contributed by atoms with E-state index < -0.39 is 49.1 Å². The Morgan fingerprint density at radius 2 is 1.57 bits per heavy atom. The van der Waals surface area contributed by atoms with Gasteiger partial charge < -0.3 is 25.6 Å². The third-order valence-electron chi connectivity index (χ3n) is 2.08. The van der Waals surface area contributed by atoms with Gasteiger partial charge in [-0.1, -0.05) is 13.2 Å². The van der Waals surface area contributed by atoms with Crippen LogP contribution in [0.3, 0.4) is 0 Å². The summed E-state index contributed by atoms with van der Waals surface area (Å²) in [7, 11) is 0. The lowest BCUT2D eigenvalue weighted by atomic mass is 10.2. The number of aliphatic carboxylic acids is 1. The highest BCUT2D eigenvalue weighted by atomic mass is 16.5. The first-order valence-corrected chi connectivity index (χ1v) is 5.69. The van der Waals surface area contributed by atoms with Crippen molar-refractivity contribution in [3.05, 3.63) is 25.3 Å². The van der Waals surface area contributed by atoms with Gasteiger partial charge in [-0.2, -0.15) is 0 Å². The fraction of sp³-hybridized carbons (Fsp3) is 0.333. The van der Waals surface area contributed by atoms with Gasteiger partial charge in [-0.15, -0.1) is 0 Å². The molecule has 0 spiro atoms. The van der Waals surface area contributed by atoms with E-state index in [0.29, 0.717) is 0 Å². The second-order valence-corrected chi connectivity index (χ2v) is 3.67. The maximum absolute atomic E-state index is 11.6. The van der Waals surface area contributed by atoms with Crippen LogP contribution in [0.5, 0.6) is 0 Å². The number of rotatable bonds is 9. The number of nitrogens with one attached hydrogen (secondary N) is 1. The van der Waals surface area contributed by atoms with Crippen molar-refractivity contribution in [2.45, 2.75) is 12.1 Å². The Kier molecular flexibility index (Phi) is 8.08. The molecule has 0 heterocycles. The van der Waals surface area contributed by atoms with Gasteiger partial charge in [0.25, 0.3) is 0 Å². The molecule has 0 aromatic carbocycles. The molecular formula is C12H16N2O7. The third-order valence-corrected chi connectivity index (χ3v) is 2.08. The smallest absolute Gasteiger partial charge is 0.330 e. The first kappa shape index (κ1) is 18.3. The Morgan fingerprint density at radius 3 is 2.00 bits per heavy atom. The molecule has 0 bridgehead atoms. The molecule has 0 aromatic rings. The summed E-state index contributed by atoms with van der Waals surface area (Å²) < 4.78 is 9.06. The van der Waals surface area contributed by atoms with Crippen LogP contribution in [-0.2, 0) is 28.7 Å². The number of amides is 1. The molecule has 116 valence electrons. The Morgan fingerprint density at radius 1 is 1.10 bits per heavy atom. The molecule has 0 unspecified atom stereocenters. The molecule has 0 aliphatic heterocycles. The molecule has 0 aromatic heterocycles. The van der Waals surface area contributed by atoms with E-state index >= 15 is 0 Å². The van der Waals surface area contributed by atoms with Gasteiger partial charge in [-0.25, -0.2) is 14.4 Å². The number of esters is 2. The quantitative estimate of drug-likeness (QED) is 0.339. The van der Waals surface area contributed by atoms with Gasteiger partial charge in [0.15, 0.2) is 6.04 Å². The van der Waals surface area contributed by atoms with E-state index in [0.717, 1.165) is 12.2 Å². The van der Waals surface area contributed by atoms with Crippen molar-refractivity contribution in [3.63, 3.8) is 0 Å². The topological polar surface area (TPSA) is 145 Å². The van der Waals surface area contributed by atoms with E-state index in [-0.39, 0.29) is 0 Å². The summed E-state index contributed by atoms with van der Waals surface area (Å²) in [4.78, 5) is 44.1. The van der Waals surface area contributed by atoms with Crippen molar-refractivity contribution in [1.82, 2.24) is 5.32 Å². The van der Waals surface area contributed by atoms with Crippen LogP contribution in [0.1, 0.15) is 0 Å². The van der Waals surface area contributed by atoms with E-state index in [1.165, 1.54) is 0 Å². The molecule has 4 N–H and O–H groups in total. The highest BCUT2D eigenvalue weighted by Gasteiger charge is 2.25. The van der Waals surface area contributed by atoms with Gasteiger partial charge in [-0.05, 0) is 0 Å². The van der Waals surface area contributed by atoms with Gasteiger partial charge in [0.05, 0.1) is 0 Å². The molecule has 0 saturated carbocycles. The highest BCUT2D eigenvalue weighted by Crippen LogP contribution is 1.92. The molecular weight excluding hydrogens is 284 g/mol. The number of carboxylic acids is 1. The van der Waals surface area contributed by atoms with Crippen LogP contribution in [0, 0.1) is 0 Å². The Labute approximate surface area is 120 Å². The average Bonchev–Trinajstić information content (AvgIpc) is 2.47. The minimum Gasteiger partial charge on any atom is -0.480 e. The zero-order valence-electron chi connectivity index (χ0n) is 11.1. The van der Waals surface area contributed by atoms with Gasteiger partial charge in [-0.3, -0.25) is 4.79 Å². The summed E-state index contributed by atoms with van der Waals surface area (Å²) in [6.07, 6.45) is 1.74. The summed E-state index contributed by atoms with van der Waals surface area (Å²) in [5.41, 5.74) is 5.41. The van der Waals surface area contributed by atoms with E-state index in [9.17, 15) is 19.2 Å². The SMILES string of the molecule is C=CC(=O)OC[C@H](NC(=O)[C@@H](N)COC(=O)C=C)C(=O)O. The number of nitrogens with two attached hydrogens (primary N) is 1. The predicted octanol–water partition coefficient (Wildman–Crippen LogP) is -1.66. The maximum Gasteiger partial charge on any atom is 0.330 e. The van der Waals surface area contributed by atoms with Crippen molar-refractivity contribution in [2.75, 3.05) is 13.2 Å². The average molecular weight is 300 g/mol. The molecule has 0 radical (unpaired) electrons. The minimum atomic E-state index is -1.48. The lowest BCUT2D eigenvalue weighted by Crippen LogP contribution is -2.52. The second-order valence-electron chi connectivity index (χ2n) is 3.67. The summed E-state index contributed by atoms with van der Waals surface area (Å²) in [6, 6.07) is -2.76. The van der Waals surface area contributed by atoms with Crippen LogP contribution >= 0.6 is 0 Å². The third kappa shape index (κ3) is 7.47. The van der Waals surface area contributed by atoms with Gasteiger partial charge >= 0.3 is 17.9 Å². The normalized spacial score (nSPS) is 12.4. The molecule has 0 aliphatic carbocycles. The molecule has 9 heteroatoms. The largest absolute Gasteiger partial charge is 0.480 e. The summed E-state index contributed by atoms with van der Waals surface area (Å²) >= 11 is 0. The van der Waals surface area contributed by atoms with Crippen molar-refractivity contribution in [2.24, 2.45) is 5.73 Å². The lowest BCUT2D eigenvalue weighted by molar-refractivity contribution is -0.148. The molecule has 2 atom stereocenters. The minimum absolute atomic E-state index is 0.449.